The molecule has 0 aliphatic heterocycles. The Morgan fingerprint density at radius 3 is 2.42 bits per heavy atom. The van der Waals surface area contributed by atoms with Crippen LogP contribution in [-0.2, 0) is 11.3 Å². The molecule has 1 aromatic heterocycles. The molecular formula is C18H24ClN3O2. The molecule has 24 heavy (non-hydrogen) atoms. The summed E-state index contributed by atoms with van der Waals surface area (Å²) < 4.78 is 5.17. The number of rotatable bonds is 6. The highest BCUT2D eigenvalue weighted by Gasteiger charge is 2.20. The molecule has 0 aliphatic rings. The molecule has 5 nitrogen and oxygen atoms in total. The van der Waals surface area contributed by atoms with Gasteiger partial charge >= 0.3 is 0 Å². The fraction of sp³-hybridized carbons (Fsp3) is 0.444. The molecule has 6 heteroatoms. The minimum Gasteiger partial charge on any atom is -0.361 e. The van der Waals surface area contributed by atoms with Crippen molar-refractivity contribution in [3.8, 4) is 0 Å². The van der Waals surface area contributed by atoms with Crippen LogP contribution in [-0.4, -0.2) is 41.5 Å². The summed E-state index contributed by atoms with van der Waals surface area (Å²) in [4.78, 5) is 16.3. The van der Waals surface area contributed by atoms with Crippen molar-refractivity contribution in [1.82, 2.24) is 15.0 Å². The lowest BCUT2D eigenvalue weighted by molar-refractivity contribution is -0.132. The lowest BCUT2D eigenvalue weighted by atomic mass is 10.1. The molecule has 0 fully saturated rings. The molecule has 1 unspecified atom stereocenters. The number of carbonyl (C=O) groups excluding carboxylic acids is 1. The molecule has 0 spiro atoms. The maximum atomic E-state index is 12.6. The van der Waals surface area contributed by atoms with E-state index in [1.54, 1.807) is 4.90 Å². The van der Waals surface area contributed by atoms with E-state index in [2.05, 4.69) is 5.16 Å². The first-order chi connectivity index (χ1) is 11.3. The van der Waals surface area contributed by atoms with Crippen molar-refractivity contribution >= 4 is 17.5 Å². The third-order valence-corrected chi connectivity index (χ3v) is 4.59. The molecule has 0 radical (unpaired) electrons. The van der Waals surface area contributed by atoms with Crippen LogP contribution in [0.1, 0.15) is 35.5 Å². The second-order valence-corrected chi connectivity index (χ2v) is 6.64. The van der Waals surface area contributed by atoms with Crippen LogP contribution in [0.5, 0.6) is 0 Å². The van der Waals surface area contributed by atoms with Crippen LogP contribution in [0.2, 0.25) is 5.02 Å². The van der Waals surface area contributed by atoms with Crippen LogP contribution in [0.25, 0.3) is 0 Å². The number of aromatic nitrogens is 1. The highest BCUT2D eigenvalue weighted by atomic mass is 35.5. The predicted molar refractivity (Wildman–Crippen MR) is 94.9 cm³/mol. The van der Waals surface area contributed by atoms with E-state index in [1.807, 2.05) is 64.0 Å². The van der Waals surface area contributed by atoms with E-state index in [9.17, 15) is 4.79 Å². The number of amides is 1. The zero-order chi connectivity index (χ0) is 17.9. The molecule has 2 rings (SSSR count). The van der Waals surface area contributed by atoms with Crippen LogP contribution in [0.4, 0.5) is 0 Å². The number of halogens is 1. The molecule has 1 atom stereocenters. The van der Waals surface area contributed by atoms with Crippen molar-refractivity contribution in [1.29, 1.82) is 0 Å². The summed E-state index contributed by atoms with van der Waals surface area (Å²) in [6, 6.07) is 7.57. The Kier molecular flexibility index (Phi) is 6.02. The van der Waals surface area contributed by atoms with E-state index in [1.165, 1.54) is 0 Å². The van der Waals surface area contributed by atoms with Gasteiger partial charge in [-0.3, -0.25) is 9.69 Å². The average molecular weight is 350 g/mol. The van der Waals surface area contributed by atoms with Crippen molar-refractivity contribution in [2.24, 2.45) is 0 Å². The van der Waals surface area contributed by atoms with E-state index >= 15 is 0 Å². The highest BCUT2D eigenvalue weighted by Crippen LogP contribution is 2.21. The van der Waals surface area contributed by atoms with E-state index in [0.717, 1.165) is 22.6 Å². The molecular weight excluding hydrogens is 326 g/mol. The highest BCUT2D eigenvalue weighted by molar-refractivity contribution is 6.30. The van der Waals surface area contributed by atoms with Crippen LogP contribution < -0.4 is 0 Å². The number of hydrogen-bond donors (Lipinski definition) is 0. The second-order valence-electron chi connectivity index (χ2n) is 6.21. The second kappa shape index (κ2) is 7.81. The van der Waals surface area contributed by atoms with Gasteiger partial charge in [0.1, 0.15) is 5.76 Å². The molecule has 0 saturated carbocycles. The van der Waals surface area contributed by atoms with Crippen LogP contribution in [0.3, 0.4) is 0 Å². The van der Waals surface area contributed by atoms with Crippen molar-refractivity contribution < 1.29 is 9.32 Å². The van der Waals surface area contributed by atoms with Crippen molar-refractivity contribution in [2.45, 2.75) is 33.4 Å². The van der Waals surface area contributed by atoms with Crippen molar-refractivity contribution in [3.05, 3.63) is 51.9 Å². The monoisotopic (exact) mass is 349 g/mol. The Bertz CT molecular complexity index is 677. The Hall–Kier alpha value is -1.85. The summed E-state index contributed by atoms with van der Waals surface area (Å²) in [6.45, 7) is 6.78. The van der Waals surface area contributed by atoms with Gasteiger partial charge in [0, 0.05) is 24.2 Å². The summed E-state index contributed by atoms with van der Waals surface area (Å²) in [7, 11) is 3.75. The number of likely N-dealkylation sites (N-methyl/N-ethyl adjacent to an activating group) is 2. The van der Waals surface area contributed by atoms with Gasteiger partial charge in [0.25, 0.3) is 0 Å². The molecule has 0 saturated heterocycles. The van der Waals surface area contributed by atoms with E-state index in [0.29, 0.717) is 18.1 Å². The number of aryl methyl sites for hydroxylation is 2. The molecule has 0 N–H and O–H groups in total. The van der Waals surface area contributed by atoms with Crippen LogP contribution >= 0.6 is 11.6 Å². The van der Waals surface area contributed by atoms with Gasteiger partial charge in [0.2, 0.25) is 5.91 Å². The maximum Gasteiger partial charge on any atom is 0.236 e. The first-order valence-electron chi connectivity index (χ1n) is 7.91. The molecule has 1 amide bonds. The van der Waals surface area contributed by atoms with Gasteiger partial charge in [-0.2, -0.15) is 0 Å². The fourth-order valence-corrected chi connectivity index (χ4v) is 2.70. The topological polar surface area (TPSA) is 49.6 Å². The predicted octanol–water partition coefficient (Wildman–Crippen LogP) is 3.60. The van der Waals surface area contributed by atoms with Gasteiger partial charge in [-0.15, -0.1) is 0 Å². The normalized spacial score (nSPS) is 12.5. The molecule has 1 heterocycles. The summed E-state index contributed by atoms with van der Waals surface area (Å²) in [5.41, 5.74) is 2.97. The third kappa shape index (κ3) is 4.36. The van der Waals surface area contributed by atoms with Crippen LogP contribution in [0.15, 0.2) is 28.8 Å². The zero-order valence-corrected chi connectivity index (χ0v) is 15.6. The average Bonchev–Trinajstić information content (AvgIpc) is 2.86. The molecule has 1 aromatic carbocycles. The van der Waals surface area contributed by atoms with Gasteiger partial charge in [0.15, 0.2) is 0 Å². The van der Waals surface area contributed by atoms with Gasteiger partial charge in [-0.1, -0.05) is 28.9 Å². The lowest BCUT2D eigenvalue weighted by Crippen LogP contribution is -2.37. The van der Waals surface area contributed by atoms with Gasteiger partial charge in [0.05, 0.1) is 18.3 Å². The SMILES string of the molecule is Cc1noc(C)c1CN(C)CC(=O)N(C)C(C)c1ccc(Cl)cc1. The first-order valence-corrected chi connectivity index (χ1v) is 8.28. The number of nitrogens with zero attached hydrogens (tertiary/aromatic N) is 3. The maximum absolute atomic E-state index is 12.6. The number of hydrogen-bond acceptors (Lipinski definition) is 4. The largest absolute Gasteiger partial charge is 0.361 e. The minimum atomic E-state index is -0.0118. The lowest BCUT2D eigenvalue weighted by Gasteiger charge is -2.27. The van der Waals surface area contributed by atoms with Crippen molar-refractivity contribution in [3.63, 3.8) is 0 Å². The molecule has 0 aliphatic carbocycles. The van der Waals surface area contributed by atoms with E-state index < -0.39 is 0 Å². The van der Waals surface area contributed by atoms with Crippen LogP contribution in [0, 0.1) is 13.8 Å². The van der Waals surface area contributed by atoms with E-state index in [-0.39, 0.29) is 11.9 Å². The quantitative estimate of drug-likeness (QED) is 0.799. The Morgan fingerprint density at radius 1 is 1.25 bits per heavy atom. The summed E-state index contributed by atoms with van der Waals surface area (Å²) in [6.07, 6.45) is 0. The first kappa shape index (κ1) is 18.5. The van der Waals surface area contributed by atoms with Gasteiger partial charge < -0.3 is 9.42 Å². The Labute approximate surface area is 148 Å². The third-order valence-electron chi connectivity index (χ3n) is 4.34. The van der Waals surface area contributed by atoms with Gasteiger partial charge in [-0.05, 0) is 45.5 Å². The Balaban J connectivity index is 1.96. The summed E-state index contributed by atoms with van der Waals surface area (Å²) in [5.74, 6) is 0.862. The minimum absolute atomic E-state index is 0.0118. The summed E-state index contributed by atoms with van der Waals surface area (Å²) in [5, 5.41) is 4.64. The zero-order valence-electron chi connectivity index (χ0n) is 14.8. The number of carbonyl (C=O) groups is 1. The summed E-state index contributed by atoms with van der Waals surface area (Å²) >= 11 is 5.92. The molecule has 130 valence electrons. The Morgan fingerprint density at radius 2 is 1.88 bits per heavy atom. The standard InChI is InChI=1S/C18H24ClN3O2/c1-12-17(14(3)24-20-12)10-21(4)11-18(23)22(5)13(2)15-6-8-16(19)9-7-15/h6-9,13H,10-11H2,1-5H3. The van der Waals surface area contributed by atoms with Crippen molar-refractivity contribution in [2.75, 3.05) is 20.6 Å². The molecule has 0 bridgehead atoms. The smallest absolute Gasteiger partial charge is 0.236 e. The van der Waals surface area contributed by atoms with Gasteiger partial charge in [-0.25, -0.2) is 0 Å². The molecule has 2 aromatic rings. The fourth-order valence-electron chi connectivity index (χ4n) is 2.58. The number of benzene rings is 1. The van der Waals surface area contributed by atoms with E-state index in [4.69, 9.17) is 16.1 Å².